The second-order valence-corrected chi connectivity index (χ2v) is 24.5. The van der Waals surface area contributed by atoms with E-state index in [0.29, 0.717) is 17.1 Å². The van der Waals surface area contributed by atoms with Gasteiger partial charge in [0.05, 0.1) is 39.6 Å². The van der Waals surface area contributed by atoms with Crippen LogP contribution in [0.15, 0.2) is 110 Å². The quantitative estimate of drug-likeness (QED) is 0.0834. The van der Waals surface area contributed by atoms with E-state index < -0.39 is 90.1 Å². The van der Waals surface area contributed by atoms with Crippen LogP contribution in [0.5, 0.6) is 11.5 Å². The number of nitrogens with one attached hydrogen (secondary N) is 3. The third kappa shape index (κ3) is 10.7. The van der Waals surface area contributed by atoms with E-state index in [1.807, 2.05) is 78.9 Å². The van der Waals surface area contributed by atoms with E-state index in [9.17, 15) is 27.6 Å². The SMILES string of the molecule is COc1ccc(C(OC[C@H]2O[C@@H](n3cc(C)c(=O)[nH]c3=O)C[C@@H]2NS(=O)(=O)OC[C@H]2O[C@@H](n3cc(C)c(=O)[nH]c3=O)C[C@@H]2O[Si](C)(C)C(C)(C)C)(c2ccccc2)c2ccc(OC)cc2)cc1. The monoisotopic (exact) mass is 961 g/mol. The zero-order chi connectivity index (χ0) is 48.5. The minimum absolute atomic E-state index is 0.0704. The van der Waals surface area contributed by atoms with Gasteiger partial charge < -0.3 is 28.1 Å². The lowest BCUT2D eigenvalue weighted by Gasteiger charge is -2.39. The molecule has 3 N–H and O–H groups in total. The molecule has 2 aromatic heterocycles. The molecule has 6 atom stereocenters. The molecule has 5 aromatic rings. The Morgan fingerprint density at radius 2 is 1.18 bits per heavy atom. The molecule has 20 heteroatoms. The summed E-state index contributed by atoms with van der Waals surface area (Å²) in [5.41, 5.74) is -1.11. The van der Waals surface area contributed by atoms with E-state index in [4.69, 9.17) is 32.3 Å². The zero-order valence-corrected chi connectivity index (χ0v) is 40.9. The van der Waals surface area contributed by atoms with E-state index >= 15 is 0 Å². The molecule has 0 saturated carbocycles. The molecule has 0 unspecified atom stereocenters. The van der Waals surface area contributed by atoms with E-state index in [2.05, 4.69) is 48.6 Å². The number of hydrogen-bond acceptors (Lipinski definition) is 13. The van der Waals surface area contributed by atoms with Crippen LogP contribution in [0, 0.1) is 13.8 Å². The highest BCUT2D eigenvalue weighted by Gasteiger charge is 2.47. The highest BCUT2D eigenvalue weighted by atomic mass is 32.2. The van der Waals surface area contributed by atoms with Gasteiger partial charge in [0.2, 0.25) is 0 Å². The molecule has 0 amide bonds. The summed E-state index contributed by atoms with van der Waals surface area (Å²) in [7, 11) is -3.98. The van der Waals surface area contributed by atoms with Gasteiger partial charge in [-0.15, -0.1) is 0 Å². The molecule has 0 spiro atoms. The first-order valence-corrected chi connectivity index (χ1v) is 26.2. The van der Waals surface area contributed by atoms with Gasteiger partial charge in [0.25, 0.3) is 11.1 Å². The van der Waals surface area contributed by atoms with Crippen LogP contribution >= 0.6 is 0 Å². The Morgan fingerprint density at radius 3 is 1.67 bits per heavy atom. The lowest BCUT2D eigenvalue weighted by molar-refractivity contribution is -0.0806. The van der Waals surface area contributed by atoms with Gasteiger partial charge in [-0.05, 0) is 72.9 Å². The lowest BCUT2D eigenvalue weighted by Crippen LogP contribution is -2.48. The van der Waals surface area contributed by atoms with Crippen LogP contribution in [-0.2, 0) is 38.7 Å². The molecule has 0 aliphatic carbocycles. The summed E-state index contributed by atoms with van der Waals surface area (Å²) in [4.78, 5) is 55.4. The van der Waals surface area contributed by atoms with Crippen molar-refractivity contribution in [1.82, 2.24) is 23.8 Å². The third-order valence-corrected chi connectivity index (χ3v) is 18.4. The fourth-order valence-corrected chi connectivity index (χ4v) is 10.5. The normalized spacial score (nSPS) is 21.4. The van der Waals surface area contributed by atoms with Gasteiger partial charge in [0.15, 0.2) is 8.32 Å². The molecule has 2 saturated heterocycles. The average Bonchev–Trinajstić information content (AvgIpc) is 3.88. The van der Waals surface area contributed by atoms with Gasteiger partial charge in [-0.3, -0.25) is 32.9 Å². The Hall–Kier alpha value is -5.45. The van der Waals surface area contributed by atoms with Crippen molar-refractivity contribution in [2.75, 3.05) is 27.4 Å². The molecule has 2 fully saturated rings. The molecular weight excluding hydrogens is 903 g/mol. The van der Waals surface area contributed by atoms with Crippen molar-refractivity contribution in [3.8, 4) is 11.5 Å². The fourth-order valence-electron chi connectivity index (χ4n) is 8.14. The van der Waals surface area contributed by atoms with Crippen molar-refractivity contribution in [3.05, 3.63) is 161 Å². The van der Waals surface area contributed by atoms with Crippen LogP contribution in [0.2, 0.25) is 18.1 Å². The molecule has 0 radical (unpaired) electrons. The summed E-state index contributed by atoms with van der Waals surface area (Å²) in [5.74, 6) is 1.24. The number of methoxy groups -OCH3 is 2. The van der Waals surface area contributed by atoms with Gasteiger partial charge in [-0.2, -0.15) is 13.1 Å². The minimum Gasteiger partial charge on any atom is -0.497 e. The summed E-state index contributed by atoms with van der Waals surface area (Å²) in [6, 6.07) is 23.3. The van der Waals surface area contributed by atoms with E-state index in [1.54, 1.807) is 28.1 Å². The number of aromatic nitrogens is 4. The number of H-pyrrole nitrogens is 2. The molecule has 67 heavy (non-hydrogen) atoms. The maximum atomic E-state index is 14.2. The Morgan fingerprint density at radius 1 is 0.701 bits per heavy atom. The van der Waals surface area contributed by atoms with Crippen LogP contribution < -0.4 is 36.7 Å². The van der Waals surface area contributed by atoms with Crippen molar-refractivity contribution in [2.24, 2.45) is 0 Å². The molecule has 0 bridgehead atoms. The number of benzene rings is 3. The maximum absolute atomic E-state index is 14.2. The van der Waals surface area contributed by atoms with Gasteiger partial charge in [-0.1, -0.05) is 75.4 Å². The van der Waals surface area contributed by atoms with Gasteiger partial charge in [-0.25, -0.2) is 9.59 Å². The Labute approximate surface area is 389 Å². The van der Waals surface area contributed by atoms with Crippen molar-refractivity contribution in [2.45, 2.75) is 108 Å². The lowest BCUT2D eigenvalue weighted by atomic mass is 9.80. The van der Waals surface area contributed by atoms with Crippen molar-refractivity contribution >= 4 is 18.6 Å². The summed E-state index contributed by atoms with van der Waals surface area (Å²) in [6.07, 6.45) is -1.74. The van der Waals surface area contributed by atoms with Crippen molar-refractivity contribution in [3.63, 3.8) is 0 Å². The topological polar surface area (TPSA) is 220 Å². The number of aryl methyl sites for hydroxylation is 2. The second-order valence-electron chi connectivity index (χ2n) is 18.4. The largest absolute Gasteiger partial charge is 0.497 e. The van der Waals surface area contributed by atoms with Gasteiger partial charge >= 0.3 is 21.7 Å². The molecule has 7 rings (SSSR count). The van der Waals surface area contributed by atoms with Gasteiger partial charge in [0, 0.05) is 36.4 Å². The first kappa shape index (κ1) is 49.5. The summed E-state index contributed by atoms with van der Waals surface area (Å²) >= 11 is 0. The predicted molar refractivity (Wildman–Crippen MR) is 251 cm³/mol. The summed E-state index contributed by atoms with van der Waals surface area (Å²) in [6.45, 7) is 12.7. The molecule has 360 valence electrons. The van der Waals surface area contributed by atoms with E-state index in [1.165, 1.54) is 21.5 Å². The number of aromatic amines is 2. The molecule has 4 heterocycles. The number of hydrogen-bond donors (Lipinski definition) is 3. The van der Waals surface area contributed by atoms with Crippen LogP contribution in [0.4, 0.5) is 0 Å². The van der Waals surface area contributed by atoms with Gasteiger partial charge in [0.1, 0.15) is 41.8 Å². The Bertz CT molecular complexity index is 2830. The smallest absolute Gasteiger partial charge is 0.336 e. The minimum atomic E-state index is -4.64. The zero-order valence-electron chi connectivity index (χ0n) is 39.1. The second kappa shape index (κ2) is 19.6. The van der Waals surface area contributed by atoms with Crippen LogP contribution in [0.3, 0.4) is 0 Å². The average molecular weight is 962 g/mol. The van der Waals surface area contributed by atoms with E-state index in [0.717, 1.165) is 16.7 Å². The number of ether oxygens (including phenoxy) is 5. The molecule has 18 nitrogen and oxygen atoms in total. The first-order valence-electron chi connectivity index (χ1n) is 21.9. The fraction of sp³-hybridized carbons (Fsp3) is 0.447. The molecular formula is C47H59N5O13SSi. The summed E-state index contributed by atoms with van der Waals surface area (Å²) < 4.78 is 76.9. The standard InChI is InChI=1S/C47H59N5O13SSi/c1-29-25-51(44(55)48-42(29)53)40-23-36(50-66(57,58)62-28-39-37(65-67(8,9)46(3,4)5)24-41(64-39)52-26-30(2)43(54)49-45(52)56)38(63-40)27-61-47(31-13-11-10-12-14-31,32-15-19-34(59-6)20-16-32)33-17-21-35(60-7)22-18-33/h10-22,25-26,36-41,50H,23-24,27-28H2,1-9H3,(H,48,53,55)(H,49,54,56)/t36-,37-,38+,39+,40+,41+/m0/s1. The highest BCUT2D eigenvalue weighted by molar-refractivity contribution is 7.84. The Balaban J connectivity index is 1.21. The summed E-state index contributed by atoms with van der Waals surface area (Å²) in [5, 5.41) is -0.225. The third-order valence-electron chi connectivity index (χ3n) is 12.9. The van der Waals surface area contributed by atoms with Crippen LogP contribution in [0.1, 0.15) is 73.9 Å². The van der Waals surface area contributed by atoms with Crippen molar-refractivity contribution in [1.29, 1.82) is 0 Å². The maximum Gasteiger partial charge on any atom is 0.336 e. The van der Waals surface area contributed by atoms with Crippen LogP contribution in [-0.4, -0.2) is 87.6 Å². The molecule has 3 aromatic carbocycles. The molecule has 2 aliphatic rings. The Kier molecular flexibility index (Phi) is 14.5. The highest BCUT2D eigenvalue weighted by Crippen LogP contribution is 2.44. The molecule has 2 aliphatic heterocycles. The predicted octanol–water partition coefficient (Wildman–Crippen LogP) is 4.91. The van der Waals surface area contributed by atoms with Crippen LogP contribution in [0.25, 0.3) is 0 Å². The number of nitrogens with zero attached hydrogens (tertiary/aromatic N) is 2. The number of rotatable bonds is 17. The van der Waals surface area contributed by atoms with Crippen molar-refractivity contribution < 1.29 is 40.7 Å². The first-order chi connectivity index (χ1) is 31.6. The van der Waals surface area contributed by atoms with E-state index in [-0.39, 0.29) is 30.1 Å².